The highest BCUT2D eigenvalue weighted by Crippen LogP contribution is 2.14. The maximum Gasteiger partial charge on any atom is 0.0674 e. The Labute approximate surface area is 113 Å². The normalized spacial score (nSPS) is 25.8. The van der Waals surface area contributed by atoms with E-state index in [4.69, 9.17) is 4.74 Å². The number of nitrogens with zero attached hydrogens (tertiary/aromatic N) is 1. The first-order chi connectivity index (χ1) is 8.63. The van der Waals surface area contributed by atoms with Gasteiger partial charge in [-0.15, -0.1) is 0 Å². The Balaban J connectivity index is 2.09. The van der Waals surface area contributed by atoms with Crippen molar-refractivity contribution in [3.05, 3.63) is 0 Å². The molecule has 1 aliphatic rings. The number of hydrogen-bond donors (Lipinski definition) is 1. The first kappa shape index (κ1) is 15.9. The molecule has 108 valence electrons. The quantitative estimate of drug-likeness (QED) is 0.675. The summed E-state index contributed by atoms with van der Waals surface area (Å²) in [7, 11) is 0. The van der Waals surface area contributed by atoms with Crippen LogP contribution in [0.2, 0.25) is 0 Å². The second kappa shape index (κ2) is 8.89. The number of rotatable bonds is 8. The molecule has 1 fully saturated rings. The minimum absolute atomic E-state index is 0.409. The molecule has 2 unspecified atom stereocenters. The molecule has 1 rings (SSSR count). The molecule has 1 N–H and O–H groups in total. The van der Waals surface area contributed by atoms with Gasteiger partial charge in [0.15, 0.2) is 0 Å². The summed E-state index contributed by atoms with van der Waals surface area (Å²) >= 11 is 0. The van der Waals surface area contributed by atoms with Crippen molar-refractivity contribution in [3.8, 4) is 0 Å². The Morgan fingerprint density at radius 3 is 2.78 bits per heavy atom. The van der Waals surface area contributed by atoms with E-state index in [9.17, 15) is 0 Å². The minimum Gasteiger partial charge on any atom is -0.376 e. The molecule has 0 spiro atoms. The monoisotopic (exact) mass is 256 g/mol. The number of hydrogen-bond acceptors (Lipinski definition) is 3. The van der Waals surface area contributed by atoms with E-state index in [-0.39, 0.29) is 0 Å². The third-order valence-electron chi connectivity index (χ3n) is 3.65. The van der Waals surface area contributed by atoms with Crippen LogP contribution in [0.3, 0.4) is 0 Å². The number of unbranched alkanes of at least 4 members (excludes halogenated alkanes) is 1. The Morgan fingerprint density at radius 1 is 1.33 bits per heavy atom. The van der Waals surface area contributed by atoms with Crippen molar-refractivity contribution in [2.45, 2.75) is 59.1 Å². The van der Waals surface area contributed by atoms with Gasteiger partial charge in [-0.3, -0.25) is 4.90 Å². The van der Waals surface area contributed by atoms with Crippen LogP contribution in [0.1, 0.15) is 47.0 Å². The van der Waals surface area contributed by atoms with Crippen LogP contribution in [0.5, 0.6) is 0 Å². The maximum atomic E-state index is 5.73. The Kier molecular flexibility index (Phi) is 7.87. The predicted octanol–water partition coefficient (Wildman–Crippen LogP) is 2.51. The van der Waals surface area contributed by atoms with E-state index in [2.05, 4.69) is 37.9 Å². The van der Waals surface area contributed by atoms with Gasteiger partial charge in [-0.05, 0) is 51.7 Å². The van der Waals surface area contributed by atoms with Crippen molar-refractivity contribution in [1.82, 2.24) is 10.2 Å². The molecule has 3 nitrogen and oxygen atoms in total. The van der Waals surface area contributed by atoms with E-state index in [1.165, 1.54) is 25.8 Å². The number of ether oxygens (including phenoxy) is 1. The van der Waals surface area contributed by atoms with Gasteiger partial charge in [0.25, 0.3) is 0 Å². The van der Waals surface area contributed by atoms with Crippen molar-refractivity contribution in [2.75, 3.05) is 32.8 Å². The molecule has 3 heteroatoms. The lowest BCUT2D eigenvalue weighted by Crippen LogP contribution is -2.48. The van der Waals surface area contributed by atoms with Gasteiger partial charge < -0.3 is 10.1 Å². The van der Waals surface area contributed by atoms with Crippen molar-refractivity contribution >= 4 is 0 Å². The molecule has 0 radical (unpaired) electrons. The molecule has 18 heavy (non-hydrogen) atoms. The Bertz CT molecular complexity index is 209. The Morgan fingerprint density at radius 2 is 2.11 bits per heavy atom. The fraction of sp³-hybridized carbons (Fsp3) is 1.00. The maximum absolute atomic E-state index is 5.73. The molecule has 0 aromatic rings. The van der Waals surface area contributed by atoms with Crippen LogP contribution in [0, 0.1) is 5.92 Å². The first-order valence-corrected chi connectivity index (χ1v) is 7.69. The second-order valence-corrected chi connectivity index (χ2v) is 6.01. The average molecular weight is 256 g/mol. The van der Waals surface area contributed by atoms with Crippen LogP contribution in [0.15, 0.2) is 0 Å². The topological polar surface area (TPSA) is 24.5 Å². The summed E-state index contributed by atoms with van der Waals surface area (Å²) in [5, 5.41) is 3.51. The zero-order valence-electron chi connectivity index (χ0n) is 12.7. The van der Waals surface area contributed by atoms with Gasteiger partial charge in [0.2, 0.25) is 0 Å². The van der Waals surface area contributed by atoms with E-state index in [1.807, 2.05) is 0 Å². The molecule has 0 aromatic heterocycles. The lowest BCUT2D eigenvalue weighted by molar-refractivity contribution is -0.0560. The Hall–Kier alpha value is -0.120. The van der Waals surface area contributed by atoms with Crippen LogP contribution in [0.25, 0.3) is 0 Å². The number of morpholine rings is 1. The molecule has 0 bridgehead atoms. The van der Waals surface area contributed by atoms with Crippen molar-refractivity contribution in [2.24, 2.45) is 5.92 Å². The van der Waals surface area contributed by atoms with Gasteiger partial charge >= 0.3 is 0 Å². The SMILES string of the molecule is CCC1COC(C)CN1CCCCNCC(C)C. The van der Waals surface area contributed by atoms with Gasteiger partial charge in [-0.1, -0.05) is 20.8 Å². The number of nitrogens with one attached hydrogen (secondary N) is 1. The fourth-order valence-corrected chi connectivity index (χ4v) is 2.52. The third-order valence-corrected chi connectivity index (χ3v) is 3.65. The van der Waals surface area contributed by atoms with Crippen molar-refractivity contribution in [1.29, 1.82) is 0 Å². The minimum atomic E-state index is 0.409. The molecule has 0 saturated carbocycles. The molecule has 1 aliphatic heterocycles. The van der Waals surface area contributed by atoms with Gasteiger partial charge in [-0.25, -0.2) is 0 Å². The highest BCUT2D eigenvalue weighted by molar-refractivity contribution is 4.77. The standard InChI is InChI=1S/C15H32N2O/c1-5-15-12-18-14(4)11-17(15)9-7-6-8-16-10-13(2)3/h13-16H,5-12H2,1-4H3. The summed E-state index contributed by atoms with van der Waals surface area (Å²) in [6.07, 6.45) is 4.20. The van der Waals surface area contributed by atoms with Crippen LogP contribution in [-0.4, -0.2) is 49.8 Å². The van der Waals surface area contributed by atoms with Crippen molar-refractivity contribution < 1.29 is 4.74 Å². The van der Waals surface area contributed by atoms with Gasteiger partial charge in [0, 0.05) is 12.6 Å². The second-order valence-electron chi connectivity index (χ2n) is 6.01. The molecule has 1 heterocycles. The van der Waals surface area contributed by atoms with E-state index in [0.717, 1.165) is 32.2 Å². The smallest absolute Gasteiger partial charge is 0.0674 e. The van der Waals surface area contributed by atoms with E-state index in [1.54, 1.807) is 0 Å². The zero-order chi connectivity index (χ0) is 13.4. The van der Waals surface area contributed by atoms with E-state index < -0.39 is 0 Å². The summed E-state index contributed by atoms with van der Waals surface area (Å²) in [5.74, 6) is 0.759. The first-order valence-electron chi connectivity index (χ1n) is 7.69. The summed E-state index contributed by atoms with van der Waals surface area (Å²) in [6.45, 7) is 14.5. The molecule has 1 saturated heterocycles. The van der Waals surface area contributed by atoms with Crippen LogP contribution in [0.4, 0.5) is 0 Å². The van der Waals surface area contributed by atoms with E-state index in [0.29, 0.717) is 12.1 Å². The molecule has 0 aromatic carbocycles. The summed E-state index contributed by atoms with van der Waals surface area (Å²) in [4.78, 5) is 2.62. The summed E-state index contributed by atoms with van der Waals surface area (Å²) in [6, 6.07) is 0.643. The van der Waals surface area contributed by atoms with E-state index >= 15 is 0 Å². The molecule has 0 amide bonds. The fourth-order valence-electron chi connectivity index (χ4n) is 2.52. The van der Waals surface area contributed by atoms with Crippen LogP contribution < -0.4 is 5.32 Å². The molecule has 2 atom stereocenters. The zero-order valence-corrected chi connectivity index (χ0v) is 12.7. The van der Waals surface area contributed by atoms with Gasteiger partial charge in [0.1, 0.15) is 0 Å². The predicted molar refractivity (Wildman–Crippen MR) is 78.0 cm³/mol. The van der Waals surface area contributed by atoms with Gasteiger partial charge in [0.05, 0.1) is 12.7 Å². The molecular formula is C15H32N2O. The van der Waals surface area contributed by atoms with Crippen molar-refractivity contribution in [3.63, 3.8) is 0 Å². The average Bonchev–Trinajstić information content (AvgIpc) is 2.33. The highest BCUT2D eigenvalue weighted by atomic mass is 16.5. The van der Waals surface area contributed by atoms with Gasteiger partial charge in [-0.2, -0.15) is 0 Å². The lowest BCUT2D eigenvalue weighted by atomic mass is 10.1. The molecule has 0 aliphatic carbocycles. The summed E-state index contributed by atoms with van der Waals surface area (Å²) in [5.41, 5.74) is 0. The largest absolute Gasteiger partial charge is 0.376 e. The lowest BCUT2D eigenvalue weighted by Gasteiger charge is -2.38. The summed E-state index contributed by atoms with van der Waals surface area (Å²) < 4.78 is 5.73. The molecular weight excluding hydrogens is 224 g/mol. The third kappa shape index (κ3) is 6.17. The van der Waals surface area contributed by atoms with Crippen LogP contribution in [-0.2, 0) is 4.74 Å². The highest BCUT2D eigenvalue weighted by Gasteiger charge is 2.24. The van der Waals surface area contributed by atoms with Crippen LogP contribution >= 0.6 is 0 Å².